The van der Waals surface area contributed by atoms with Gasteiger partial charge in [-0.3, -0.25) is 4.98 Å². The van der Waals surface area contributed by atoms with Crippen LogP contribution in [-0.2, 0) is 0 Å². The molecule has 88 valence electrons. The summed E-state index contributed by atoms with van der Waals surface area (Å²) in [5.41, 5.74) is 3.76. The molecule has 1 aliphatic heterocycles. The van der Waals surface area contributed by atoms with Gasteiger partial charge in [0.05, 0.1) is 11.4 Å². The number of anilines is 1. The van der Waals surface area contributed by atoms with Gasteiger partial charge in [-0.25, -0.2) is 0 Å². The fraction of sp³-hybridized carbons (Fsp3) is 0.615. The molecule has 0 aromatic carbocycles. The maximum Gasteiger partial charge on any atom is 0.0605 e. The van der Waals surface area contributed by atoms with Crippen LogP contribution in [0.25, 0.3) is 0 Å². The van der Waals surface area contributed by atoms with Crippen LogP contribution in [0.2, 0.25) is 0 Å². The van der Waals surface area contributed by atoms with E-state index < -0.39 is 0 Å². The minimum absolute atomic E-state index is 0.688. The maximum atomic E-state index is 4.51. The van der Waals surface area contributed by atoms with Gasteiger partial charge >= 0.3 is 0 Å². The molecule has 1 fully saturated rings. The Labute approximate surface area is 97.9 Å². The van der Waals surface area contributed by atoms with E-state index in [9.17, 15) is 0 Å². The summed E-state index contributed by atoms with van der Waals surface area (Å²) in [4.78, 5) is 6.66. The van der Waals surface area contributed by atoms with E-state index in [2.05, 4.69) is 48.5 Å². The Hall–Kier alpha value is -1.09. The first-order valence-corrected chi connectivity index (χ1v) is 6.03. The molecule has 1 aromatic heterocycles. The average Bonchev–Trinajstić information content (AvgIpc) is 2.30. The van der Waals surface area contributed by atoms with E-state index in [1.54, 1.807) is 0 Å². The number of rotatable bonds is 2. The van der Waals surface area contributed by atoms with Crippen LogP contribution in [0.3, 0.4) is 0 Å². The predicted molar refractivity (Wildman–Crippen MR) is 68.1 cm³/mol. The van der Waals surface area contributed by atoms with Gasteiger partial charge in [0.15, 0.2) is 0 Å². The van der Waals surface area contributed by atoms with Crippen LogP contribution in [0.5, 0.6) is 0 Å². The number of nitrogens with one attached hydrogen (secondary N) is 1. The highest BCUT2D eigenvalue weighted by Gasteiger charge is 2.16. The van der Waals surface area contributed by atoms with Crippen molar-refractivity contribution < 1.29 is 0 Å². The molecular formula is C13H21N3. The molecule has 0 radical (unpaired) electrons. The van der Waals surface area contributed by atoms with Crippen LogP contribution in [0.4, 0.5) is 5.69 Å². The Morgan fingerprint density at radius 3 is 2.62 bits per heavy atom. The lowest BCUT2D eigenvalue weighted by Crippen LogP contribution is -2.26. The van der Waals surface area contributed by atoms with Gasteiger partial charge in [0.25, 0.3) is 0 Å². The van der Waals surface area contributed by atoms with E-state index in [0.717, 1.165) is 18.8 Å². The lowest BCUT2D eigenvalue weighted by molar-refractivity contribution is 0.459. The van der Waals surface area contributed by atoms with Crippen molar-refractivity contribution in [2.24, 2.45) is 0 Å². The monoisotopic (exact) mass is 219 g/mol. The largest absolute Gasteiger partial charge is 0.376 e. The number of aryl methyl sites for hydroxylation is 1. The third-order valence-electron chi connectivity index (χ3n) is 3.37. The fourth-order valence-electron chi connectivity index (χ4n) is 2.37. The fourth-order valence-corrected chi connectivity index (χ4v) is 2.37. The summed E-state index contributed by atoms with van der Waals surface area (Å²) < 4.78 is 0. The number of hydrogen-bond acceptors (Lipinski definition) is 3. The number of hydrogen-bond donors (Lipinski definition) is 1. The van der Waals surface area contributed by atoms with Gasteiger partial charge in [0.2, 0.25) is 0 Å². The summed E-state index contributed by atoms with van der Waals surface area (Å²) in [5, 5.41) is 3.40. The number of piperidine rings is 1. The molecule has 1 saturated heterocycles. The molecule has 1 aliphatic rings. The van der Waals surface area contributed by atoms with Crippen LogP contribution in [-0.4, -0.2) is 32.2 Å². The van der Waals surface area contributed by atoms with Gasteiger partial charge in [-0.15, -0.1) is 0 Å². The molecule has 1 N–H and O–H groups in total. The minimum atomic E-state index is 0.688. The first kappa shape index (κ1) is 11.4. The maximum absolute atomic E-state index is 4.51. The smallest absolute Gasteiger partial charge is 0.0605 e. The van der Waals surface area contributed by atoms with Crippen LogP contribution in [0, 0.1) is 6.92 Å². The highest BCUT2D eigenvalue weighted by Crippen LogP contribution is 2.28. The number of aromatic nitrogens is 1. The highest BCUT2D eigenvalue weighted by atomic mass is 15.1. The summed E-state index contributed by atoms with van der Waals surface area (Å²) in [6.07, 6.45) is 4.52. The topological polar surface area (TPSA) is 28.2 Å². The summed E-state index contributed by atoms with van der Waals surface area (Å²) in [6, 6.07) is 2.30. The van der Waals surface area contributed by atoms with Crippen molar-refractivity contribution in [1.82, 2.24) is 10.3 Å². The van der Waals surface area contributed by atoms with Gasteiger partial charge in [0, 0.05) is 20.3 Å². The molecule has 0 saturated carbocycles. The molecule has 0 atom stereocenters. The second kappa shape index (κ2) is 4.83. The predicted octanol–water partition coefficient (Wildman–Crippen LogP) is 1.92. The van der Waals surface area contributed by atoms with Crippen LogP contribution in [0.1, 0.15) is 30.0 Å². The molecule has 0 spiro atoms. The molecule has 0 amide bonds. The lowest BCUT2D eigenvalue weighted by Gasteiger charge is -2.24. The molecule has 3 heteroatoms. The standard InChI is InChI=1S/C13H21N3/c1-10-13(16(2)3)8-12(9-15-10)11-4-6-14-7-5-11/h8-9,11,14H,4-7H2,1-3H3. The zero-order chi connectivity index (χ0) is 11.5. The normalized spacial score (nSPS) is 17.4. The lowest BCUT2D eigenvalue weighted by atomic mass is 9.91. The first-order valence-electron chi connectivity index (χ1n) is 6.03. The van der Waals surface area contributed by atoms with E-state index in [1.165, 1.54) is 24.1 Å². The second-order valence-corrected chi connectivity index (χ2v) is 4.79. The van der Waals surface area contributed by atoms with Crippen molar-refractivity contribution in [3.05, 3.63) is 23.5 Å². The molecular weight excluding hydrogens is 198 g/mol. The molecule has 1 aromatic rings. The summed E-state index contributed by atoms with van der Waals surface area (Å²) in [5.74, 6) is 0.688. The van der Waals surface area contributed by atoms with Crippen molar-refractivity contribution in [3.63, 3.8) is 0 Å². The van der Waals surface area contributed by atoms with E-state index >= 15 is 0 Å². The van der Waals surface area contributed by atoms with Crippen molar-refractivity contribution in [2.45, 2.75) is 25.7 Å². The Bertz CT molecular complexity index is 354. The van der Waals surface area contributed by atoms with Crippen LogP contribution >= 0.6 is 0 Å². The molecule has 2 heterocycles. The van der Waals surface area contributed by atoms with Crippen molar-refractivity contribution in [2.75, 3.05) is 32.1 Å². The first-order chi connectivity index (χ1) is 7.68. The zero-order valence-corrected chi connectivity index (χ0v) is 10.5. The third kappa shape index (κ3) is 2.35. The van der Waals surface area contributed by atoms with E-state index in [0.29, 0.717) is 5.92 Å². The number of pyridine rings is 1. The molecule has 3 nitrogen and oxygen atoms in total. The number of nitrogens with zero attached hydrogens (tertiary/aromatic N) is 2. The molecule has 0 aliphatic carbocycles. The Kier molecular flexibility index (Phi) is 3.44. The van der Waals surface area contributed by atoms with Crippen molar-refractivity contribution in [1.29, 1.82) is 0 Å². The van der Waals surface area contributed by atoms with Crippen LogP contribution in [0.15, 0.2) is 12.3 Å². The minimum Gasteiger partial charge on any atom is -0.376 e. The summed E-state index contributed by atoms with van der Waals surface area (Å²) in [6.45, 7) is 4.34. The quantitative estimate of drug-likeness (QED) is 0.823. The Morgan fingerprint density at radius 1 is 1.31 bits per heavy atom. The SMILES string of the molecule is Cc1ncc(C2CCNCC2)cc1N(C)C. The zero-order valence-electron chi connectivity index (χ0n) is 10.5. The van der Waals surface area contributed by atoms with E-state index in [-0.39, 0.29) is 0 Å². The molecule has 16 heavy (non-hydrogen) atoms. The molecule has 2 rings (SSSR count). The van der Waals surface area contributed by atoms with E-state index in [4.69, 9.17) is 0 Å². The Balaban J connectivity index is 2.24. The van der Waals surface area contributed by atoms with Gasteiger partial charge in [-0.2, -0.15) is 0 Å². The highest BCUT2D eigenvalue weighted by molar-refractivity contribution is 5.51. The molecule has 0 unspecified atom stereocenters. The van der Waals surface area contributed by atoms with Crippen LogP contribution < -0.4 is 10.2 Å². The van der Waals surface area contributed by atoms with Crippen molar-refractivity contribution in [3.8, 4) is 0 Å². The van der Waals surface area contributed by atoms with Gasteiger partial charge in [0.1, 0.15) is 0 Å². The average molecular weight is 219 g/mol. The third-order valence-corrected chi connectivity index (χ3v) is 3.37. The van der Waals surface area contributed by atoms with E-state index in [1.807, 2.05) is 0 Å². The van der Waals surface area contributed by atoms with Gasteiger partial charge < -0.3 is 10.2 Å². The summed E-state index contributed by atoms with van der Waals surface area (Å²) >= 11 is 0. The Morgan fingerprint density at radius 2 is 2.00 bits per heavy atom. The molecule has 0 bridgehead atoms. The van der Waals surface area contributed by atoms with Gasteiger partial charge in [-0.05, 0) is 50.4 Å². The second-order valence-electron chi connectivity index (χ2n) is 4.79. The summed E-state index contributed by atoms with van der Waals surface area (Å²) in [7, 11) is 4.16. The van der Waals surface area contributed by atoms with Gasteiger partial charge in [-0.1, -0.05) is 0 Å². The van der Waals surface area contributed by atoms with Crippen molar-refractivity contribution >= 4 is 5.69 Å².